The Balaban J connectivity index is 1.70. The fourth-order valence-electron chi connectivity index (χ4n) is 2.79. The highest BCUT2D eigenvalue weighted by Gasteiger charge is 2.19. The molecule has 0 radical (unpaired) electrons. The second-order valence-electron chi connectivity index (χ2n) is 5.64. The number of aromatic amines is 1. The number of hydrogen-bond donors (Lipinski definition) is 1. The normalized spacial score (nSPS) is 12.6. The summed E-state index contributed by atoms with van der Waals surface area (Å²) in [5, 5.41) is 11.2. The van der Waals surface area contributed by atoms with Gasteiger partial charge in [0.25, 0.3) is 5.89 Å². The Morgan fingerprint density at radius 3 is 2.84 bits per heavy atom. The lowest BCUT2D eigenvalue weighted by molar-refractivity contribution is 0.418. The molecule has 126 valence electrons. The van der Waals surface area contributed by atoms with E-state index in [1.165, 1.54) is 4.40 Å². The molecule has 3 heterocycles. The van der Waals surface area contributed by atoms with Crippen LogP contribution in [0.2, 0.25) is 5.02 Å². The van der Waals surface area contributed by atoms with Crippen molar-refractivity contribution in [3.8, 4) is 11.5 Å². The van der Waals surface area contributed by atoms with Crippen molar-refractivity contribution in [3.63, 3.8) is 0 Å². The van der Waals surface area contributed by atoms with Crippen LogP contribution in [0.1, 0.15) is 30.7 Å². The van der Waals surface area contributed by atoms with Crippen LogP contribution in [0.25, 0.3) is 17.1 Å². The highest BCUT2D eigenvalue weighted by atomic mass is 35.5. The zero-order valence-corrected chi connectivity index (χ0v) is 14.1. The lowest BCUT2D eigenvalue weighted by Gasteiger charge is -2.10. The predicted octanol–water partition coefficient (Wildman–Crippen LogP) is 3.27. The topological polar surface area (TPSA) is 89.1 Å². The van der Waals surface area contributed by atoms with Gasteiger partial charge in [-0.1, -0.05) is 35.8 Å². The van der Waals surface area contributed by atoms with E-state index in [1.807, 2.05) is 24.3 Å². The molecule has 0 bridgehead atoms. The molecular formula is C17H14ClN5O2. The van der Waals surface area contributed by atoms with Crippen molar-refractivity contribution < 1.29 is 4.52 Å². The highest BCUT2D eigenvalue weighted by molar-refractivity contribution is 6.30. The van der Waals surface area contributed by atoms with Gasteiger partial charge >= 0.3 is 5.69 Å². The van der Waals surface area contributed by atoms with Crippen LogP contribution in [0, 0.1) is 0 Å². The monoisotopic (exact) mass is 355 g/mol. The summed E-state index contributed by atoms with van der Waals surface area (Å²) in [6, 6.07) is 11.1. The number of hydrogen-bond acceptors (Lipinski definition) is 5. The average molecular weight is 356 g/mol. The van der Waals surface area contributed by atoms with Crippen LogP contribution in [0.4, 0.5) is 0 Å². The average Bonchev–Trinajstić information content (AvgIpc) is 3.25. The second kappa shape index (κ2) is 6.18. The maximum absolute atomic E-state index is 11.5. The number of benzene rings is 1. The van der Waals surface area contributed by atoms with Gasteiger partial charge in [0.1, 0.15) is 0 Å². The molecule has 4 rings (SSSR count). The van der Waals surface area contributed by atoms with E-state index in [2.05, 4.69) is 27.3 Å². The molecule has 1 unspecified atom stereocenters. The first-order valence-electron chi connectivity index (χ1n) is 7.82. The predicted molar refractivity (Wildman–Crippen MR) is 92.7 cm³/mol. The molecule has 25 heavy (non-hydrogen) atoms. The summed E-state index contributed by atoms with van der Waals surface area (Å²) in [5.74, 6) is 1.02. The van der Waals surface area contributed by atoms with Gasteiger partial charge in [0.05, 0.1) is 0 Å². The Hall–Kier alpha value is -2.93. The van der Waals surface area contributed by atoms with E-state index in [0.717, 1.165) is 12.0 Å². The van der Waals surface area contributed by atoms with Gasteiger partial charge in [-0.3, -0.25) is 4.40 Å². The lowest BCUT2D eigenvalue weighted by Crippen LogP contribution is -2.08. The fraction of sp³-hybridized carbons (Fsp3) is 0.176. The number of aromatic nitrogens is 5. The van der Waals surface area contributed by atoms with Gasteiger partial charge in [0, 0.05) is 22.7 Å². The van der Waals surface area contributed by atoms with Gasteiger partial charge in [-0.05, 0) is 36.2 Å². The molecule has 0 aliphatic carbocycles. The number of nitrogens with one attached hydrogen (secondary N) is 1. The molecular weight excluding hydrogens is 342 g/mol. The zero-order valence-electron chi connectivity index (χ0n) is 13.3. The molecule has 0 aliphatic heterocycles. The van der Waals surface area contributed by atoms with Crippen LogP contribution in [0.15, 0.2) is 51.9 Å². The Labute approximate surface area is 147 Å². The quantitative estimate of drug-likeness (QED) is 0.607. The highest BCUT2D eigenvalue weighted by Crippen LogP contribution is 2.28. The third-order valence-corrected chi connectivity index (χ3v) is 4.35. The van der Waals surface area contributed by atoms with Crippen LogP contribution in [-0.2, 0) is 0 Å². The minimum absolute atomic E-state index is 0.0199. The van der Waals surface area contributed by atoms with Crippen molar-refractivity contribution in [2.24, 2.45) is 0 Å². The van der Waals surface area contributed by atoms with Crippen LogP contribution in [0.5, 0.6) is 0 Å². The zero-order chi connectivity index (χ0) is 17.4. The van der Waals surface area contributed by atoms with Crippen molar-refractivity contribution in [2.75, 3.05) is 0 Å². The first-order chi connectivity index (χ1) is 12.2. The minimum atomic E-state index is -0.290. The SMILES string of the molecule is CCC(c1ccc(Cl)cc1)c1noc(-c2ccn3c(=O)[nH]nc3c2)n1. The molecule has 8 heteroatoms. The van der Waals surface area contributed by atoms with E-state index in [-0.39, 0.29) is 11.6 Å². The summed E-state index contributed by atoms with van der Waals surface area (Å²) < 4.78 is 6.83. The number of H-pyrrole nitrogens is 1. The Morgan fingerprint density at radius 1 is 1.28 bits per heavy atom. The van der Waals surface area contributed by atoms with E-state index in [0.29, 0.717) is 27.9 Å². The fourth-order valence-corrected chi connectivity index (χ4v) is 2.92. The first-order valence-corrected chi connectivity index (χ1v) is 8.19. The summed E-state index contributed by atoms with van der Waals surface area (Å²) in [6.45, 7) is 2.07. The van der Waals surface area contributed by atoms with Crippen LogP contribution in [-0.4, -0.2) is 24.7 Å². The largest absolute Gasteiger partial charge is 0.347 e. The number of pyridine rings is 1. The van der Waals surface area contributed by atoms with E-state index in [1.54, 1.807) is 18.3 Å². The van der Waals surface area contributed by atoms with Gasteiger partial charge in [0.2, 0.25) is 0 Å². The smallest absolute Gasteiger partial charge is 0.334 e. The van der Waals surface area contributed by atoms with Crippen LogP contribution >= 0.6 is 11.6 Å². The third-order valence-electron chi connectivity index (χ3n) is 4.10. The lowest BCUT2D eigenvalue weighted by atomic mass is 9.96. The molecule has 0 aliphatic rings. The maximum Gasteiger partial charge on any atom is 0.347 e. The Bertz CT molecular complexity index is 1080. The van der Waals surface area contributed by atoms with Crippen molar-refractivity contribution in [1.29, 1.82) is 0 Å². The van der Waals surface area contributed by atoms with E-state index in [4.69, 9.17) is 16.1 Å². The van der Waals surface area contributed by atoms with Crippen LogP contribution < -0.4 is 5.69 Å². The molecule has 7 nitrogen and oxygen atoms in total. The van der Waals surface area contributed by atoms with Gasteiger partial charge in [0.15, 0.2) is 11.5 Å². The molecule has 0 fully saturated rings. The van der Waals surface area contributed by atoms with Gasteiger partial charge in [-0.25, -0.2) is 9.89 Å². The Kier molecular flexibility index (Phi) is 3.85. The maximum atomic E-state index is 11.5. The summed E-state index contributed by atoms with van der Waals surface area (Å²) in [4.78, 5) is 16.1. The molecule has 1 atom stereocenters. The number of nitrogens with zero attached hydrogens (tertiary/aromatic N) is 4. The van der Waals surface area contributed by atoms with E-state index < -0.39 is 0 Å². The molecule has 1 N–H and O–H groups in total. The minimum Gasteiger partial charge on any atom is -0.334 e. The van der Waals surface area contributed by atoms with Gasteiger partial charge in [-0.15, -0.1) is 0 Å². The van der Waals surface area contributed by atoms with Gasteiger partial charge in [-0.2, -0.15) is 10.1 Å². The number of halogens is 1. The summed E-state index contributed by atoms with van der Waals surface area (Å²) in [7, 11) is 0. The molecule has 0 spiro atoms. The molecule has 3 aromatic heterocycles. The standard InChI is InChI=1S/C17H14ClN5O2/c1-2-13(10-3-5-12(18)6-4-10)15-19-16(25-22-15)11-7-8-23-14(9-11)20-21-17(23)24/h3-9,13H,2H2,1H3,(H,21,24). The third kappa shape index (κ3) is 2.83. The summed E-state index contributed by atoms with van der Waals surface area (Å²) >= 11 is 5.96. The molecule has 4 aromatic rings. The molecule has 0 amide bonds. The Morgan fingerprint density at radius 2 is 2.08 bits per heavy atom. The summed E-state index contributed by atoms with van der Waals surface area (Å²) in [6.07, 6.45) is 2.45. The van der Waals surface area contributed by atoms with Crippen molar-refractivity contribution in [2.45, 2.75) is 19.3 Å². The van der Waals surface area contributed by atoms with Crippen molar-refractivity contribution >= 4 is 17.2 Å². The van der Waals surface area contributed by atoms with E-state index >= 15 is 0 Å². The van der Waals surface area contributed by atoms with Crippen molar-refractivity contribution in [3.05, 3.63) is 69.5 Å². The molecule has 0 saturated carbocycles. The molecule has 0 saturated heterocycles. The van der Waals surface area contributed by atoms with E-state index in [9.17, 15) is 4.79 Å². The van der Waals surface area contributed by atoms with Gasteiger partial charge < -0.3 is 4.52 Å². The second-order valence-corrected chi connectivity index (χ2v) is 6.08. The molecule has 1 aromatic carbocycles. The first kappa shape index (κ1) is 15.6. The number of fused-ring (bicyclic) bond motifs is 1. The van der Waals surface area contributed by atoms with Crippen LogP contribution in [0.3, 0.4) is 0 Å². The summed E-state index contributed by atoms with van der Waals surface area (Å²) in [5.41, 5.74) is 1.98. The number of rotatable bonds is 4. The van der Waals surface area contributed by atoms with Crippen molar-refractivity contribution in [1.82, 2.24) is 24.7 Å².